The minimum atomic E-state index is -2.81. The molecule has 1 aromatic heterocycles. The Morgan fingerprint density at radius 2 is 2.11 bits per heavy atom. The first kappa shape index (κ1) is 22.1. The van der Waals surface area contributed by atoms with E-state index in [0.717, 1.165) is 12.0 Å². The van der Waals surface area contributed by atoms with Gasteiger partial charge in [0.2, 0.25) is 0 Å². The zero-order valence-corrected chi connectivity index (χ0v) is 17.4. The summed E-state index contributed by atoms with van der Waals surface area (Å²) in [5, 5.41) is 6.88. The Hall–Kier alpha value is -2.24. The van der Waals surface area contributed by atoms with Crippen LogP contribution in [0.1, 0.15) is 69.4 Å². The predicted molar refractivity (Wildman–Crippen MR) is 108 cm³/mol. The number of aryl methyl sites for hydroxylation is 1. The maximum atomic E-state index is 13.4. The molecule has 0 saturated heterocycles. The maximum absolute atomic E-state index is 13.4. The third-order valence-corrected chi connectivity index (χ3v) is 5.29. The van der Waals surface area contributed by atoms with Crippen LogP contribution >= 0.6 is 0 Å². The summed E-state index contributed by atoms with van der Waals surface area (Å²) >= 11 is 0. The molecule has 2 unspecified atom stereocenters. The number of halogens is 2. The van der Waals surface area contributed by atoms with Crippen LogP contribution in [0.15, 0.2) is 42.7 Å². The SMILES string of the molecule is C=C1/C=C\C=C/C(CCC)(NC(=O)c2cn(C)nc2C(F)F)C(C(C)(C)C)C1. The second-order valence-electron chi connectivity index (χ2n) is 8.65. The molecule has 2 atom stereocenters. The third-order valence-electron chi connectivity index (χ3n) is 5.29. The molecule has 6 heteroatoms. The van der Waals surface area contributed by atoms with Crippen molar-refractivity contribution in [3.63, 3.8) is 0 Å². The van der Waals surface area contributed by atoms with Gasteiger partial charge >= 0.3 is 0 Å². The van der Waals surface area contributed by atoms with Gasteiger partial charge in [-0.15, -0.1) is 0 Å². The van der Waals surface area contributed by atoms with E-state index in [1.807, 2.05) is 24.3 Å². The number of rotatable bonds is 5. The minimum Gasteiger partial charge on any atom is -0.343 e. The molecule has 0 aliphatic heterocycles. The Morgan fingerprint density at radius 3 is 2.68 bits per heavy atom. The standard InChI is InChI=1S/C22H31F2N3O/c1-7-11-22(12-9-8-10-15(2)13-17(22)21(3,4)5)25-20(28)16-14-27(6)26-18(16)19(23)24/h8-10,12,14,17,19H,2,7,11,13H2,1,3-6H3,(H,25,28)/b10-8-,12-9-. The van der Waals surface area contributed by atoms with E-state index in [2.05, 4.69) is 44.7 Å². The number of nitrogens with zero attached hydrogens (tertiary/aromatic N) is 2. The van der Waals surface area contributed by atoms with Crippen LogP contribution in [-0.2, 0) is 7.05 Å². The second-order valence-corrected chi connectivity index (χ2v) is 8.65. The summed E-state index contributed by atoms with van der Waals surface area (Å²) < 4.78 is 28.0. The van der Waals surface area contributed by atoms with Gasteiger partial charge in [0.1, 0.15) is 5.69 Å². The highest BCUT2D eigenvalue weighted by Gasteiger charge is 2.44. The van der Waals surface area contributed by atoms with E-state index in [9.17, 15) is 13.6 Å². The van der Waals surface area contributed by atoms with Crippen LogP contribution in [0, 0.1) is 11.3 Å². The zero-order chi connectivity index (χ0) is 21.1. The molecule has 1 heterocycles. The summed E-state index contributed by atoms with van der Waals surface area (Å²) in [5.74, 6) is -0.477. The molecule has 1 aromatic rings. The lowest BCUT2D eigenvalue weighted by Crippen LogP contribution is -2.56. The Labute approximate surface area is 166 Å². The molecular formula is C22H31F2N3O. The summed E-state index contributed by atoms with van der Waals surface area (Å²) in [4.78, 5) is 13.1. The molecule has 2 rings (SSSR count). The van der Waals surface area contributed by atoms with Gasteiger partial charge in [-0.05, 0) is 24.2 Å². The van der Waals surface area contributed by atoms with Gasteiger partial charge in [0, 0.05) is 13.2 Å². The molecule has 1 amide bonds. The molecule has 28 heavy (non-hydrogen) atoms. The van der Waals surface area contributed by atoms with Crippen LogP contribution in [0.5, 0.6) is 0 Å². The average Bonchev–Trinajstić information content (AvgIpc) is 2.96. The van der Waals surface area contributed by atoms with Crippen LogP contribution in [0.2, 0.25) is 0 Å². The van der Waals surface area contributed by atoms with Gasteiger partial charge in [0.25, 0.3) is 12.3 Å². The quantitative estimate of drug-likeness (QED) is 0.734. The average molecular weight is 392 g/mol. The first-order chi connectivity index (χ1) is 13.0. The monoisotopic (exact) mass is 391 g/mol. The van der Waals surface area contributed by atoms with E-state index in [0.29, 0.717) is 12.8 Å². The van der Waals surface area contributed by atoms with Gasteiger partial charge in [0.05, 0.1) is 11.1 Å². The van der Waals surface area contributed by atoms with Gasteiger partial charge in [0.15, 0.2) is 0 Å². The molecular weight excluding hydrogens is 360 g/mol. The molecule has 1 aliphatic carbocycles. The van der Waals surface area contributed by atoms with Crippen molar-refractivity contribution in [2.45, 2.75) is 58.9 Å². The number of hydrogen-bond acceptors (Lipinski definition) is 2. The lowest BCUT2D eigenvalue weighted by atomic mass is 9.64. The van der Waals surface area contributed by atoms with Crippen LogP contribution < -0.4 is 5.32 Å². The lowest BCUT2D eigenvalue weighted by molar-refractivity contribution is 0.0764. The van der Waals surface area contributed by atoms with E-state index in [1.54, 1.807) is 0 Å². The fourth-order valence-electron chi connectivity index (χ4n) is 4.11. The van der Waals surface area contributed by atoms with Gasteiger partial charge in [-0.25, -0.2) is 8.78 Å². The molecule has 0 radical (unpaired) electrons. The van der Waals surface area contributed by atoms with Crippen molar-refractivity contribution < 1.29 is 13.6 Å². The fraction of sp³-hybridized carbons (Fsp3) is 0.545. The highest BCUT2D eigenvalue weighted by atomic mass is 19.3. The molecule has 0 spiro atoms. The Bertz CT molecular complexity index is 786. The molecule has 0 saturated carbocycles. The van der Waals surface area contributed by atoms with Crippen molar-refractivity contribution in [1.82, 2.24) is 15.1 Å². The van der Waals surface area contributed by atoms with E-state index in [1.165, 1.54) is 17.9 Å². The molecule has 0 bridgehead atoms. The van der Waals surface area contributed by atoms with Gasteiger partial charge in [-0.2, -0.15) is 5.10 Å². The second kappa shape index (κ2) is 8.41. The predicted octanol–water partition coefficient (Wildman–Crippen LogP) is 5.36. The molecule has 154 valence electrons. The first-order valence-electron chi connectivity index (χ1n) is 9.68. The maximum Gasteiger partial charge on any atom is 0.282 e. The number of amides is 1. The Morgan fingerprint density at radius 1 is 1.43 bits per heavy atom. The molecule has 1 N–H and O–H groups in total. The van der Waals surface area contributed by atoms with Gasteiger partial charge in [-0.3, -0.25) is 9.48 Å². The first-order valence-corrected chi connectivity index (χ1v) is 9.68. The molecule has 0 fully saturated rings. The van der Waals surface area contributed by atoms with Gasteiger partial charge in [-0.1, -0.05) is 70.6 Å². The van der Waals surface area contributed by atoms with Gasteiger partial charge < -0.3 is 5.32 Å². The number of aromatic nitrogens is 2. The molecule has 4 nitrogen and oxygen atoms in total. The number of carbonyl (C=O) groups is 1. The van der Waals surface area contributed by atoms with Crippen LogP contribution in [0.25, 0.3) is 0 Å². The number of allylic oxidation sites excluding steroid dienone is 4. The third kappa shape index (κ3) is 4.78. The van der Waals surface area contributed by atoms with Crippen LogP contribution in [0.4, 0.5) is 8.78 Å². The number of carbonyl (C=O) groups excluding carboxylic acids is 1. The summed E-state index contributed by atoms with van der Waals surface area (Å²) in [7, 11) is 1.53. The largest absolute Gasteiger partial charge is 0.343 e. The summed E-state index contributed by atoms with van der Waals surface area (Å²) in [6, 6.07) is 0. The lowest BCUT2D eigenvalue weighted by Gasteiger charge is -2.47. The van der Waals surface area contributed by atoms with Crippen molar-refractivity contribution in [2.24, 2.45) is 18.4 Å². The zero-order valence-electron chi connectivity index (χ0n) is 17.4. The molecule has 0 aromatic carbocycles. The van der Waals surface area contributed by atoms with Crippen LogP contribution in [0.3, 0.4) is 0 Å². The van der Waals surface area contributed by atoms with Crippen molar-refractivity contribution >= 4 is 5.91 Å². The Balaban J connectivity index is 2.53. The van der Waals surface area contributed by atoms with Crippen molar-refractivity contribution in [2.75, 3.05) is 0 Å². The number of nitrogens with one attached hydrogen (secondary N) is 1. The highest BCUT2D eigenvalue weighted by Crippen LogP contribution is 2.43. The number of hydrogen-bond donors (Lipinski definition) is 1. The summed E-state index contributed by atoms with van der Waals surface area (Å²) in [6.45, 7) is 12.6. The van der Waals surface area contributed by atoms with E-state index in [4.69, 9.17) is 0 Å². The highest BCUT2D eigenvalue weighted by molar-refractivity contribution is 5.96. The number of alkyl halides is 2. The summed E-state index contributed by atoms with van der Waals surface area (Å²) in [5.41, 5.74) is -0.397. The van der Waals surface area contributed by atoms with Crippen molar-refractivity contribution in [3.05, 3.63) is 53.9 Å². The van der Waals surface area contributed by atoms with E-state index in [-0.39, 0.29) is 16.9 Å². The van der Waals surface area contributed by atoms with E-state index < -0.39 is 23.6 Å². The minimum absolute atomic E-state index is 0.0456. The summed E-state index contributed by atoms with van der Waals surface area (Å²) in [6.07, 6.45) is 8.59. The fourth-order valence-corrected chi connectivity index (χ4v) is 4.11. The topological polar surface area (TPSA) is 46.9 Å². The smallest absolute Gasteiger partial charge is 0.282 e. The van der Waals surface area contributed by atoms with Crippen molar-refractivity contribution in [1.29, 1.82) is 0 Å². The Kier molecular flexibility index (Phi) is 6.63. The van der Waals surface area contributed by atoms with Crippen LogP contribution in [-0.4, -0.2) is 21.2 Å². The molecule has 1 aliphatic rings. The van der Waals surface area contributed by atoms with E-state index >= 15 is 0 Å². The normalized spacial score (nSPS) is 25.3. The van der Waals surface area contributed by atoms with Crippen molar-refractivity contribution in [3.8, 4) is 0 Å².